The molecule has 0 spiro atoms. The summed E-state index contributed by atoms with van der Waals surface area (Å²) in [4.78, 5) is 21.8. The summed E-state index contributed by atoms with van der Waals surface area (Å²) in [6.45, 7) is 0.112. The van der Waals surface area contributed by atoms with E-state index in [2.05, 4.69) is 10.6 Å². The third-order valence-electron chi connectivity index (χ3n) is 3.12. The molecule has 1 saturated carbocycles. The van der Waals surface area contributed by atoms with Crippen LogP contribution < -0.4 is 16.4 Å². The quantitative estimate of drug-likeness (QED) is 0.450. The van der Waals surface area contributed by atoms with Gasteiger partial charge in [0.2, 0.25) is 0 Å². The maximum atomic E-state index is 11.5. The minimum Gasteiger partial charge on any atom is -0.479 e. The summed E-state index contributed by atoms with van der Waals surface area (Å²) in [6.07, 6.45) is 2.46. The summed E-state index contributed by atoms with van der Waals surface area (Å²) < 4.78 is 0. The maximum Gasteiger partial charge on any atom is 0.332 e. The van der Waals surface area contributed by atoms with Crippen molar-refractivity contribution >= 4 is 12.0 Å². The fourth-order valence-electron chi connectivity index (χ4n) is 2.00. The predicted molar refractivity (Wildman–Crippen MR) is 65.0 cm³/mol. The van der Waals surface area contributed by atoms with Crippen molar-refractivity contribution in [2.45, 2.75) is 50.3 Å². The van der Waals surface area contributed by atoms with Crippen LogP contribution in [0, 0.1) is 0 Å². The zero-order valence-corrected chi connectivity index (χ0v) is 10.3. The Kier molecular flexibility index (Phi) is 5.87. The highest BCUT2D eigenvalue weighted by atomic mass is 16.4. The molecule has 7 nitrogen and oxygen atoms in total. The van der Waals surface area contributed by atoms with Crippen LogP contribution in [-0.4, -0.2) is 46.9 Å². The fourth-order valence-corrected chi connectivity index (χ4v) is 2.00. The second-order valence-electron chi connectivity index (χ2n) is 4.60. The number of hydrogen-bond donors (Lipinski definition) is 5. The molecule has 6 N–H and O–H groups in total. The molecule has 104 valence electrons. The summed E-state index contributed by atoms with van der Waals surface area (Å²) in [5, 5.41) is 22.7. The topological polar surface area (TPSA) is 125 Å². The second-order valence-corrected chi connectivity index (χ2v) is 4.60. The van der Waals surface area contributed by atoms with Gasteiger partial charge < -0.3 is 26.6 Å². The number of nitrogens with one attached hydrogen (secondary N) is 2. The molecular weight excluding hydrogens is 238 g/mol. The van der Waals surface area contributed by atoms with E-state index in [1.54, 1.807) is 0 Å². The molecule has 18 heavy (non-hydrogen) atoms. The minimum absolute atomic E-state index is 0.0144. The molecule has 0 radical (unpaired) electrons. The highest BCUT2D eigenvalue weighted by Gasteiger charge is 2.23. The van der Waals surface area contributed by atoms with Crippen molar-refractivity contribution < 1.29 is 19.8 Å². The molecule has 0 aromatic heterocycles. The molecule has 1 rings (SSSR count). The SMILES string of the molecule is NC1CCCCC1NC(=O)NCC[C@H](O)C(=O)O. The zero-order valence-electron chi connectivity index (χ0n) is 10.3. The number of urea groups is 1. The van der Waals surface area contributed by atoms with Crippen LogP contribution in [0.5, 0.6) is 0 Å². The summed E-state index contributed by atoms with van der Waals surface area (Å²) in [5.74, 6) is -1.29. The van der Waals surface area contributed by atoms with Crippen LogP contribution in [0.2, 0.25) is 0 Å². The molecule has 1 aliphatic rings. The number of carbonyl (C=O) groups excluding carboxylic acids is 1. The molecular formula is C11H21N3O4. The van der Waals surface area contributed by atoms with Crippen molar-refractivity contribution in [2.75, 3.05) is 6.54 Å². The number of rotatable bonds is 5. The van der Waals surface area contributed by atoms with Crippen molar-refractivity contribution in [1.82, 2.24) is 10.6 Å². The van der Waals surface area contributed by atoms with Crippen LogP contribution in [0.25, 0.3) is 0 Å². The van der Waals surface area contributed by atoms with Gasteiger partial charge in [0.25, 0.3) is 0 Å². The molecule has 7 heteroatoms. The number of nitrogens with two attached hydrogens (primary N) is 1. The molecule has 3 atom stereocenters. The first-order valence-corrected chi connectivity index (χ1v) is 6.21. The summed E-state index contributed by atoms with van der Waals surface area (Å²) in [7, 11) is 0. The Labute approximate surface area is 106 Å². The average Bonchev–Trinajstić information content (AvgIpc) is 2.32. The van der Waals surface area contributed by atoms with Gasteiger partial charge >= 0.3 is 12.0 Å². The predicted octanol–water partition coefficient (Wildman–Crippen LogP) is -0.609. The van der Waals surface area contributed by atoms with Gasteiger partial charge in [0.1, 0.15) is 0 Å². The maximum absolute atomic E-state index is 11.5. The fraction of sp³-hybridized carbons (Fsp3) is 0.818. The lowest BCUT2D eigenvalue weighted by Gasteiger charge is -2.29. The van der Waals surface area contributed by atoms with Gasteiger partial charge in [0, 0.05) is 25.0 Å². The number of carboxylic acids is 1. The van der Waals surface area contributed by atoms with Crippen molar-refractivity contribution in [3.8, 4) is 0 Å². The summed E-state index contributed by atoms with van der Waals surface area (Å²) in [5.41, 5.74) is 5.88. The first kappa shape index (κ1) is 14.7. The Balaban J connectivity index is 2.19. The number of amides is 2. The van der Waals surface area contributed by atoms with Crippen LogP contribution >= 0.6 is 0 Å². The van der Waals surface area contributed by atoms with Gasteiger partial charge in [-0.05, 0) is 12.8 Å². The normalized spacial score (nSPS) is 25.2. The van der Waals surface area contributed by atoms with E-state index in [0.717, 1.165) is 25.7 Å². The highest BCUT2D eigenvalue weighted by molar-refractivity contribution is 5.74. The molecule has 0 heterocycles. The lowest BCUT2D eigenvalue weighted by molar-refractivity contribution is -0.146. The lowest BCUT2D eigenvalue weighted by Crippen LogP contribution is -2.52. The number of hydrogen-bond acceptors (Lipinski definition) is 4. The molecule has 1 aliphatic carbocycles. The molecule has 0 saturated heterocycles. The van der Waals surface area contributed by atoms with Crippen LogP contribution in [0.3, 0.4) is 0 Å². The van der Waals surface area contributed by atoms with Gasteiger partial charge in [-0.25, -0.2) is 9.59 Å². The van der Waals surface area contributed by atoms with Gasteiger partial charge in [-0.1, -0.05) is 12.8 Å². The van der Waals surface area contributed by atoms with E-state index < -0.39 is 12.1 Å². The number of carboxylic acid groups (broad SMARTS) is 1. The molecule has 2 amide bonds. The van der Waals surface area contributed by atoms with Crippen molar-refractivity contribution in [3.05, 3.63) is 0 Å². The molecule has 0 aromatic rings. The van der Waals surface area contributed by atoms with E-state index in [0.29, 0.717) is 0 Å². The Hall–Kier alpha value is -1.34. The Bertz CT molecular complexity index is 298. The van der Waals surface area contributed by atoms with Gasteiger partial charge in [0.05, 0.1) is 0 Å². The van der Waals surface area contributed by atoms with Gasteiger partial charge in [-0.2, -0.15) is 0 Å². The van der Waals surface area contributed by atoms with E-state index in [4.69, 9.17) is 15.9 Å². The van der Waals surface area contributed by atoms with Gasteiger partial charge in [0.15, 0.2) is 6.10 Å². The Morgan fingerprint density at radius 1 is 1.33 bits per heavy atom. The molecule has 2 unspecified atom stereocenters. The summed E-state index contributed by atoms with van der Waals surface area (Å²) >= 11 is 0. The number of aliphatic hydroxyl groups is 1. The minimum atomic E-state index is -1.44. The van der Waals surface area contributed by atoms with Crippen LogP contribution in [0.15, 0.2) is 0 Å². The second kappa shape index (κ2) is 7.17. The van der Waals surface area contributed by atoms with E-state index in [9.17, 15) is 9.59 Å². The van der Waals surface area contributed by atoms with E-state index in [1.807, 2.05) is 0 Å². The van der Waals surface area contributed by atoms with Crippen molar-refractivity contribution in [2.24, 2.45) is 5.73 Å². The van der Waals surface area contributed by atoms with E-state index >= 15 is 0 Å². The number of carbonyl (C=O) groups is 2. The smallest absolute Gasteiger partial charge is 0.332 e. The Morgan fingerprint density at radius 3 is 2.61 bits per heavy atom. The van der Waals surface area contributed by atoms with Crippen molar-refractivity contribution in [3.63, 3.8) is 0 Å². The third-order valence-corrected chi connectivity index (χ3v) is 3.12. The first-order valence-electron chi connectivity index (χ1n) is 6.21. The monoisotopic (exact) mass is 259 g/mol. The van der Waals surface area contributed by atoms with Crippen LogP contribution in [-0.2, 0) is 4.79 Å². The molecule has 1 fully saturated rings. The first-order chi connectivity index (χ1) is 8.50. The molecule has 0 bridgehead atoms. The van der Waals surface area contributed by atoms with Gasteiger partial charge in [-0.15, -0.1) is 0 Å². The van der Waals surface area contributed by atoms with Crippen molar-refractivity contribution in [1.29, 1.82) is 0 Å². The van der Waals surface area contributed by atoms with E-state index in [1.165, 1.54) is 0 Å². The molecule has 0 aliphatic heterocycles. The Morgan fingerprint density at radius 2 is 2.00 bits per heavy atom. The third kappa shape index (κ3) is 4.89. The zero-order chi connectivity index (χ0) is 13.5. The average molecular weight is 259 g/mol. The number of aliphatic hydroxyl groups excluding tert-OH is 1. The van der Waals surface area contributed by atoms with Crippen LogP contribution in [0.1, 0.15) is 32.1 Å². The molecule has 0 aromatic carbocycles. The van der Waals surface area contributed by atoms with Gasteiger partial charge in [-0.3, -0.25) is 0 Å². The summed E-state index contributed by atoms with van der Waals surface area (Å²) in [6, 6.07) is -0.410. The largest absolute Gasteiger partial charge is 0.479 e. The lowest BCUT2D eigenvalue weighted by atomic mass is 9.91. The van der Waals surface area contributed by atoms with Crippen LogP contribution in [0.4, 0.5) is 4.79 Å². The highest BCUT2D eigenvalue weighted by Crippen LogP contribution is 2.16. The van der Waals surface area contributed by atoms with E-state index in [-0.39, 0.29) is 31.1 Å². The number of aliphatic carboxylic acids is 1. The standard InChI is InChI=1S/C11H21N3O4/c12-7-3-1-2-4-8(7)14-11(18)13-6-5-9(15)10(16)17/h7-9,15H,1-6,12H2,(H,16,17)(H2,13,14,18)/t7?,8?,9-/m0/s1.